The Bertz CT molecular complexity index is 730. The zero-order valence-electron chi connectivity index (χ0n) is 11.4. The summed E-state index contributed by atoms with van der Waals surface area (Å²) in [7, 11) is 0. The van der Waals surface area contributed by atoms with Crippen molar-refractivity contribution < 1.29 is 9.21 Å². The molecule has 0 fully saturated rings. The Labute approximate surface area is 125 Å². The number of aromatic nitrogens is 3. The van der Waals surface area contributed by atoms with E-state index in [2.05, 4.69) is 20.5 Å². The third kappa shape index (κ3) is 3.03. The van der Waals surface area contributed by atoms with Crippen LogP contribution in [0.3, 0.4) is 0 Å². The molecule has 6 nitrogen and oxygen atoms in total. The number of H-pyrrole nitrogens is 1. The lowest BCUT2D eigenvalue weighted by Gasteiger charge is -2.03. The van der Waals surface area contributed by atoms with Crippen molar-refractivity contribution in [2.24, 2.45) is 0 Å². The minimum Gasteiger partial charge on any atom is -0.462 e. The molecule has 0 aliphatic carbocycles. The summed E-state index contributed by atoms with van der Waals surface area (Å²) in [5.74, 6) is 1.25. The van der Waals surface area contributed by atoms with E-state index in [4.69, 9.17) is 4.42 Å². The zero-order valence-corrected chi connectivity index (χ0v) is 12.2. The molecule has 0 atom stereocenters. The fraction of sp³-hybridized carbons (Fsp3) is 0.214. The van der Waals surface area contributed by atoms with Crippen LogP contribution in [0, 0.1) is 0 Å². The standard InChI is InChI=1S/C14H14N4O2S/c1-2-9-7-15-18-13(9)17-12(19)6-10-8-21-14(16-10)11-4-3-5-20-11/h3-5,7-8H,2,6H2,1H3,(H2,15,17,18,19). The van der Waals surface area contributed by atoms with E-state index in [1.54, 1.807) is 12.5 Å². The van der Waals surface area contributed by atoms with Gasteiger partial charge < -0.3 is 9.73 Å². The van der Waals surface area contributed by atoms with Crippen LogP contribution in [-0.4, -0.2) is 21.1 Å². The number of nitrogens with zero attached hydrogens (tertiary/aromatic N) is 2. The fourth-order valence-electron chi connectivity index (χ4n) is 1.94. The number of aromatic amines is 1. The molecule has 0 aromatic carbocycles. The molecular weight excluding hydrogens is 288 g/mol. The van der Waals surface area contributed by atoms with E-state index in [0.29, 0.717) is 11.6 Å². The number of nitrogens with one attached hydrogen (secondary N) is 2. The van der Waals surface area contributed by atoms with Crippen LogP contribution in [0.2, 0.25) is 0 Å². The molecule has 0 radical (unpaired) electrons. The highest BCUT2D eigenvalue weighted by Gasteiger charge is 2.12. The second-order valence-electron chi connectivity index (χ2n) is 4.47. The summed E-state index contributed by atoms with van der Waals surface area (Å²) in [6.07, 6.45) is 4.35. The molecule has 3 heterocycles. The predicted octanol–water partition coefficient (Wildman–Crippen LogP) is 2.87. The number of furan rings is 1. The van der Waals surface area contributed by atoms with Crippen LogP contribution in [0.1, 0.15) is 18.2 Å². The Morgan fingerprint density at radius 3 is 3.19 bits per heavy atom. The van der Waals surface area contributed by atoms with E-state index in [-0.39, 0.29) is 12.3 Å². The van der Waals surface area contributed by atoms with Crippen molar-refractivity contribution >= 4 is 23.1 Å². The Balaban J connectivity index is 1.65. The molecule has 0 spiro atoms. The van der Waals surface area contributed by atoms with Gasteiger partial charge in [0.2, 0.25) is 5.91 Å². The summed E-state index contributed by atoms with van der Waals surface area (Å²) < 4.78 is 5.29. The molecule has 0 aliphatic heterocycles. The Hall–Kier alpha value is -2.41. The van der Waals surface area contributed by atoms with Crippen molar-refractivity contribution in [3.63, 3.8) is 0 Å². The summed E-state index contributed by atoms with van der Waals surface area (Å²) in [5, 5.41) is 12.2. The van der Waals surface area contributed by atoms with Crippen molar-refractivity contribution in [1.82, 2.24) is 15.2 Å². The van der Waals surface area contributed by atoms with Crippen molar-refractivity contribution in [2.45, 2.75) is 19.8 Å². The highest BCUT2D eigenvalue weighted by Crippen LogP contribution is 2.24. The Kier molecular flexibility index (Phi) is 3.83. The van der Waals surface area contributed by atoms with E-state index >= 15 is 0 Å². The average Bonchev–Trinajstić information content (AvgIpc) is 3.19. The van der Waals surface area contributed by atoms with Crippen molar-refractivity contribution in [3.8, 4) is 10.8 Å². The highest BCUT2D eigenvalue weighted by atomic mass is 32.1. The van der Waals surface area contributed by atoms with Crippen LogP contribution < -0.4 is 5.32 Å². The van der Waals surface area contributed by atoms with E-state index in [0.717, 1.165) is 22.7 Å². The van der Waals surface area contributed by atoms with E-state index in [1.165, 1.54) is 11.3 Å². The van der Waals surface area contributed by atoms with Crippen LogP contribution in [0.25, 0.3) is 10.8 Å². The minimum atomic E-state index is -0.120. The molecule has 21 heavy (non-hydrogen) atoms. The number of aryl methyl sites for hydroxylation is 1. The quantitative estimate of drug-likeness (QED) is 0.759. The fourth-order valence-corrected chi connectivity index (χ4v) is 2.72. The van der Waals surface area contributed by atoms with Crippen LogP contribution >= 0.6 is 11.3 Å². The average molecular weight is 302 g/mol. The summed E-state index contributed by atoms with van der Waals surface area (Å²) in [4.78, 5) is 16.4. The number of amides is 1. The third-order valence-electron chi connectivity index (χ3n) is 2.99. The number of rotatable bonds is 5. The van der Waals surface area contributed by atoms with Gasteiger partial charge >= 0.3 is 0 Å². The van der Waals surface area contributed by atoms with Gasteiger partial charge in [-0.25, -0.2) is 4.98 Å². The summed E-state index contributed by atoms with van der Waals surface area (Å²) in [6, 6.07) is 3.66. The van der Waals surface area contributed by atoms with Crippen molar-refractivity contribution in [3.05, 3.63) is 41.2 Å². The van der Waals surface area contributed by atoms with Crippen LogP contribution in [-0.2, 0) is 17.6 Å². The number of anilines is 1. The van der Waals surface area contributed by atoms with Gasteiger partial charge in [0, 0.05) is 10.9 Å². The lowest BCUT2D eigenvalue weighted by molar-refractivity contribution is -0.115. The molecule has 0 saturated carbocycles. The zero-order chi connectivity index (χ0) is 14.7. The number of hydrogen-bond acceptors (Lipinski definition) is 5. The van der Waals surface area contributed by atoms with Gasteiger partial charge in [-0.2, -0.15) is 5.10 Å². The van der Waals surface area contributed by atoms with Gasteiger partial charge in [0.25, 0.3) is 0 Å². The molecule has 0 bridgehead atoms. The van der Waals surface area contributed by atoms with E-state index in [9.17, 15) is 4.79 Å². The molecule has 3 aromatic rings. The van der Waals surface area contributed by atoms with E-state index < -0.39 is 0 Å². The number of thiazole rings is 1. The van der Waals surface area contributed by atoms with Crippen LogP contribution in [0.4, 0.5) is 5.82 Å². The summed E-state index contributed by atoms with van der Waals surface area (Å²) >= 11 is 1.46. The van der Waals surface area contributed by atoms with Gasteiger partial charge in [0.1, 0.15) is 5.82 Å². The number of carbonyl (C=O) groups is 1. The monoisotopic (exact) mass is 302 g/mol. The summed E-state index contributed by atoms with van der Waals surface area (Å²) in [6.45, 7) is 2.01. The van der Waals surface area contributed by atoms with E-state index in [1.807, 2.05) is 24.4 Å². The third-order valence-corrected chi connectivity index (χ3v) is 3.89. The molecule has 3 rings (SSSR count). The molecule has 1 amide bonds. The SMILES string of the molecule is CCc1cn[nH]c1NC(=O)Cc1csc(-c2ccco2)n1. The second kappa shape index (κ2) is 5.92. The Morgan fingerprint density at radius 1 is 1.52 bits per heavy atom. The normalized spacial score (nSPS) is 10.7. The topological polar surface area (TPSA) is 83.8 Å². The van der Waals surface area contributed by atoms with Gasteiger partial charge in [-0.05, 0) is 18.6 Å². The molecule has 0 aliphatic rings. The lowest BCUT2D eigenvalue weighted by atomic mass is 10.2. The molecular formula is C14H14N4O2S. The largest absolute Gasteiger partial charge is 0.462 e. The first-order valence-corrected chi connectivity index (χ1v) is 7.44. The van der Waals surface area contributed by atoms with Gasteiger partial charge in [-0.1, -0.05) is 6.92 Å². The highest BCUT2D eigenvalue weighted by molar-refractivity contribution is 7.13. The number of hydrogen-bond donors (Lipinski definition) is 2. The number of carbonyl (C=O) groups excluding carboxylic acids is 1. The van der Waals surface area contributed by atoms with Crippen molar-refractivity contribution in [1.29, 1.82) is 0 Å². The smallest absolute Gasteiger partial charge is 0.231 e. The molecule has 0 unspecified atom stereocenters. The Morgan fingerprint density at radius 2 is 2.43 bits per heavy atom. The molecule has 0 saturated heterocycles. The predicted molar refractivity (Wildman–Crippen MR) is 80.1 cm³/mol. The minimum absolute atomic E-state index is 0.120. The van der Waals surface area contributed by atoms with Gasteiger partial charge in [0.05, 0.1) is 24.6 Å². The van der Waals surface area contributed by atoms with Gasteiger partial charge in [-0.15, -0.1) is 11.3 Å². The maximum atomic E-state index is 12.0. The first-order chi connectivity index (χ1) is 10.3. The molecule has 3 aromatic heterocycles. The molecule has 7 heteroatoms. The van der Waals surface area contributed by atoms with Gasteiger partial charge in [0.15, 0.2) is 10.8 Å². The maximum absolute atomic E-state index is 12.0. The summed E-state index contributed by atoms with van der Waals surface area (Å²) in [5.41, 5.74) is 1.71. The first kappa shape index (κ1) is 13.6. The molecule has 2 N–H and O–H groups in total. The van der Waals surface area contributed by atoms with Crippen LogP contribution in [0.5, 0.6) is 0 Å². The maximum Gasteiger partial charge on any atom is 0.231 e. The van der Waals surface area contributed by atoms with Gasteiger partial charge in [-0.3, -0.25) is 9.89 Å². The first-order valence-electron chi connectivity index (χ1n) is 6.56. The second-order valence-corrected chi connectivity index (χ2v) is 5.33. The lowest BCUT2D eigenvalue weighted by Crippen LogP contribution is -2.15. The van der Waals surface area contributed by atoms with Crippen molar-refractivity contribution in [2.75, 3.05) is 5.32 Å². The molecule has 108 valence electrons. The van der Waals surface area contributed by atoms with Crippen LogP contribution in [0.15, 0.2) is 34.4 Å².